The van der Waals surface area contributed by atoms with Gasteiger partial charge in [-0.2, -0.15) is 13.5 Å². The van der Waals surface area contributed by atoms with Crippen LogP contribution in [0, 0.1) is 0 Å². The Balaban J connectivity index is 1.98. The summed E-state index contributed by atoms with van der Waals surface area (Å²) in [6.07, 6.45) is 2.29. The number of rotatable bonds is 3. The van der Waals surface area contributed by atoms with E-state index in [0.717, 1.165) is 30.6 Å². The first kappa shape index (κ1) is 13.1. The fraction of sp³-hybridized carbons (Fsp3) is 0.308. The van der Waals surface area contributed by atoms with E-state index in [1.165, 1.54) is 16.9 Å². The number of hydrogen-bond acceptors (Lipinski definition) is 4. The Hall–Kier alpha value is -1.86. The summed E-state index contributed by atoms with van der Waals surface area (Å²) in [6.45, 7) is 1.63. The van der Waals surface area contributed by atoms with Crippen molar-refractivity contribution >= 4 is 15.7 Å². The van der Waals surface area contributed by atoms with E-state index in [0.29, 0.717) is 5.69 Å². The van der Waals surface area contributed by atoms with Gasteiger partial charge >= 0.3 is 0 Å². The van der Waals surface area contributed by atoms with Gasteiger partial charge in [0.15, 0.2) is 5.03 Å². The zero-order valence-electron chi connectivity index (χ0n) is 11.1. The first-order chi connectivity index (χ1) is 9.58. The van der Waals surface area contributed by atoms with Crippen LogP contribution in [-0.2, 0) is 30.0 Å². The van der Waals surface area contributed by atoms with E-state index in [9.17, 15) is 8.42 Å². The van der Waals surface area contributed by atoms with Gasteiger partial charge in [-0.15, -0.1) is 0 Å². The normalized spacial score (nSPS) is 14.8. The zero-order chi connectivity index (χ0) is 14.2. The van der Waals surface area contributed by atoms with E-state index in [2.05, 4.69) is 15.1 Å². The molecule has 2 N–H and O–H groups in total. The molecule has 2 aromatic rings. The van der Waals surface area contributed by atoms with Gasteiger partial charge in [0.25, 0.3) is 10.0 Å². The summed E-state index contributed by atoms with van der Waals surface area (Å²) in [5.41, 5.74) is 2.86. The van der Waals surface area contributed by atoms with Gasteiger partial charge < -0.3 is 5.32 Å². The standard InChI is InChI=1S/C13H16N4O2S/c1-17-13(6-8-15-17)20(18,19)16-12-4-2-3-10-9-14-7-5-11(10)12/h2-4,6,8,14,16H,5,7,9H2,1H3. The predicted molar refractivity (Wildman–Crippen MR) is 75.9 cm³/mol. The van der Waals surface area contributed by atoms with Crippen LogP contribution in [-0.4, -0.2) is 24.7 Å². The van der Waals surface area contributed by atoms with Crippen LogP contribution in [0.15, 0.2) is 35.5 Å². The molecule has 1 aliphatic heterocycles. The lowest BCUT2D eigenvalue weighted by molar-refractivity contribution is 0.581. The zero-order valence-corrected chi connectivity index (χ0v) is 11.9. The van der Waals surface area contributed by atoms with Crippen LogP contribution in [0.25, 0.3) is 0 Å². The molecule has 0 amide bonds. The lowest BCUT2D eigenvalue weighted by Crippen LogP contribution is -2.25. The molecule has 0 radical (unpaired) electrons. The molecule has 0 bridgehead atoms. The Morgan fingerprint density at radius 3 is 2.95 bits per heavy atom. The molecule has 1 aliphatic rings. The summed E-state index contributed by atoms with van der Waals surface area (Å²) < 4.78 is 28.8. The number of fused-ring (bicyclic) bond motifs is 1. The van der Waals surface area contributed by atoms with Gasteiger partial charge in [0, 0.05) is 13.6 Å². The highest BCUT2D eigenvalue weighted by Crippen LogP contribution is 2.25. The van der Waals surface area contributed by atoms with Crippen LogP contribution in [0.2, 0.25) is 0 Å². The summed E-state index contributed by atoms with van der Waals surface area (Å²) in [6, 6.07) is 7.17. The van der Waals surface area contributed by atoms with Crippen molar-refractivity contribution in [3.8, 4) is 0 Å². The molecule has 0 saturated heterocycles. The fourth-order valence-electron chi connectivity index (χ4n) is 2.45. The summed E-state index contributed by atoms with van der Waals surface area (Å²) in [4.78, 5) is 0. The Bertz CT molecular complexity index is 737. The molecular weight excluding hydrogens is 276 g/mol. The Morgan fingerprint density at radius 2 is 2.20 bits per heavy atom. The number of benzene rings is 1. The van der Waals surface area contributed by atoms with Crippen LogP contribution in [0.5, 0.6) is 0 Å². The van der Waals surface area contributed by atoms with Gasteiger partial charge in [-0.05, 0) is 36.2 Å². The smallest absolute Gasteiger partial charge is 0.279 e. The number of nitrogens with one attached hydrogen (secondary N) is 2. The summed E-state index contributed by atoms with van der Waals surface area (Å²) in [7, 11) is -1.99. The third-order valence-electron chi connectivity index (χ3n) is 3.44. The summed E-state index contributed by atoms with van der Waals surface area (Å²) in [5, 5.41) is 7.33. The second-order valence-electron chi connectivity index (χ2n) is 4.77. The molecule has 0 aliphatic carbocycles. The Kier molecular flexibility index (Phi) is 3.23. The highest BCUT2D eigenvalue weighted by Gasteiger charge is 2.21. The van der Waals surface area contributed by atoms with Crippen molar-refractivity contribution in [2.45, 2.75) is 18.0 Å². The lowest BCUT2D eigenvalue weighted by atomic mass is 9.99. The maximum atomic E-state index is 12.4. The van der Waals surface area contributed by atoms with Crippen LogP contribution >= 0.6 is 0 Å². The quantitative estimate of drug-likeness (QED) is 0.880. The highest BCUT2D eigenvalue weighted by atomic mass is 32.2. The molecule has 1 aromatic heterocycles. The van der Waals surface area contributed by atoms with E-state index in [4.69, 9.17) is 0 Å². The van der Waals surface area contributed by atoms with Gasteiger partial charge in [-0.3, -0.25) is 9.40 Å². The largest absolute Gasteiger partial charge is 0.312 e. The topological polar surface area (TPSA) is 76.0 Å². The van der Waals surface area contributed by atoms with E-state index >= 15 is 0 Å². The van der Waals surface area contributed by atoms with Crippen molar-refractivity contribution in [2.24, 2.45) is 7.05 Å². The number of hydrogen-bond donors (Lipinski definition) is 2. The molecule has 7 heteroatoms. The van der Waals surface area contributed by atoms with Gasteiger partial charge in [-0.1, -0.05) is 12.1 Å². The van der Waals surface area contributed by atoms with Crippen LogP contribution in [0.3, 0.4) is 0 Å². The molecule has 3 rings (SSSR count). The number of sulfonamides is 1. The molecule has 0 unspecified atom stereocenters. The minimum atomic E-state index is -3.60. The number of anilines is 1. The molecular formula is C13H16N4O2S. The molecule has 20 heavy (non-hydrogen) atoms. The average molecular weight is 292 g/mol. The van der Waals surface area contributed by atoms with Gasteiger partial charge in [0.2, 0.25) is 0 Å². The maximum absolute atomic E-state index is 12.4. The summed E-state index contributed by atoms with van der Waals surface area (Å²) in [5.74, 6) is 0. The number of aryl methyl sites for hydroxylation is 1. The third kappa shape index (κ3) is 2.30. The van der Waals surface area contributed by atoms with Crippen molar-refractivity contribution in [3.63, 3.8) is 0 Å². The van der Waals surface area contributed by atoms with Crippen LogP contribution in [0.1, 0.15) is 11.1 Å². The van der Waals surface area contributed by atoms with Gasteiger partial charge in [0.1, 0.15) is 0 Å². The van der Waals surface area contributed by atoms with E-state index in [-0.39, 0.29) is 5.03 Å². The van der Waals surface area contributed by atoms with Crippen molar-refractivity contribution in [2.75, 3.05) is 11.3 Å². The monoisotopic (exact) mass is 292 g/mol. The molecule has 106 valence electrons. The third-order valence-corrected chi connectivity index (χ3v) is 4.88. The van der Waals surface area contributed by atoms with E-state index in [1.807, 2.05) is 12.1 Å². The first-order valence-corrected chi connectivity index (χ1v) is 7.88. The van der Waals surface area contributed by atoms with Crippen molar-refractivity contribution in [3.05, 3.63) is 41.6 Å². The molecule has 0 atom stereocenters. The second-order valence-corrected chi connectivity index (χ2v) is 6.40. The van der Waals surface area contributed by atoms with Gasteiger partial charge in [0.05, 0.1) is 11.9 Å². The SMILES string of the molecule is Cn1nccc1S(=O)(=O)Nc1cccc2c1CCNC2. The molecule has 6 nitrogen and oxygen atoms in total. The Labute approximate surface area is 117 Å². The predicted octanol–water partition coefficient (Wildman–Crippen LogP) is 0.867. The van der Waals surface area contributed by atoms with E-state index in [1.54, 1.807) is 13.1 Å². The lowest BCUT2D eigenvalue weighted by Gasteiger charge is -2.20. The molecule has 1 aromatic carbocycles. The molecule has 2 heterocycles. The van der Waals surface area contributed by atoms with E-state index < -0.39 is 10.0 Å². The minimum absolute atomic E-state index is 0.157. The van der Waals surface area contributed by atoms with Crippen molar-refractivity contribution in [1.29, 1.82) is 0 Å². The number of aromatic nitrogens is 2. The first-order valence-electron chi connectivity index (χ1n) is 6.40. The van der Waals surface area contributed by atoms with Crippen molar-refractivity contribution < 1.29 is 8.42 Å². The van der Waals surface area contributed by atoms with Crippen LogP contribution < -0.4 is 10.0 Å². The molecule has 0 saturated carbocycles. The fourth-order valence-corrected chi connectivity index (χ4v) is 3.67. The maximum Gasteiger partial charge on any atom is 0.279 e. The molecule has 0 spiro atoms. The Morgan fingerprint density at radius 1 is 1.35 bits per heavy atom. The van der Waals surface area contributed by atoms with Crippen LogP contribution in [0.4, 0.5) is 5.69 Å². The average Bonchev–Trinajstić information content (AvgIpc) is 2.86. The van der Waals surface area contributed by atoms with Gasteiger partial charge in [-0.25, -0.2) is 0 Å². The highest BCUT2D eigenvalue weighted by molar-refractivity contribution is 7.92. The summed E-state index contributed by atoms with van der Waals surface area (Å²) >= 11 is 0. The van der Waals surface area contributed by atoms with Crippen molar-refractivity contribution in [1.82, 2.24) is 15.1 Å². The number of nitrogens with zero attached hydrogens (tertiary/aromatic N) is 2. The minimum Gasteiger partial charge on any atom is -0.312 e. The molecule has 0 fully saturated rings. The second kappa shape index (κ2) is 4.92.